The van der Waals surface area contributed by atoms with Crippen LogP contribution in [-0.2, 0) is 17.8 Å². The summed E-state index contributed by atoms with van der Waals surface area (Å²) in [5.74, 6) is 2.24. The minimum absolute atomic E-state index is 0.100. The molecule has 172 valence electrons. The summed E-state index contributed by atoms with van der Waals surface area (Å²) in [7, 11) is 1.61. The van der Waals surface area contributed by atoms with E-state index in [1.165, 1.54) is 22.9 Å². The van der Waals surface area contributed by atoms with Crippen molar-refractivity contribution < 1.29 is 18.7 Å². The molecule has 1 amide bonds. The molecule has 0 unspecified atom stereocenters. The van der Waals surface area contributed by atoms with Gasteiger partial charge in [0.15, 0.2) is 0 Å². The van der Waals surface area contributed by atoms with Crippen molar-refractivity contribution in [3.8, 4) is 34.1 Å². The Morgan fingerprint density at radius 3 is 2.56 bits per heavy atom. The summed E-state index contributed by atoms with van der Waals surface area (Å²) in [6.07, 6.45) is 0.956. The van der Waals surface area contributed by atoms with Crippen molar-refractivity contribution in [2.75, 3.05) is 19.5 Å². The highest BCUT2D eigenvalue weighted by Gasteiger charge is 2.13. The molecule has 4 aromatic rings. The number of hydrogen-bond donors (Lipinski definition) is 1. The Hall–Kier alpha value is -3.78. The lowest BCUT2D eigenvalue weighted by molar-refractivity contribution is -0.118. The van der Waals surface area contributed by atoms with E-state index in [0.29, 0.717) is 17.7 Å². The van der Waals surface area contributed by atoms with E-state index in [0.717, 1.165) is 41.2 Å². The molecule has 0 radical (unpaired) electrons. The van der Waals surface area contributed by atoms with E-state index in [1.54, 1.807) is 7.11 Å². The summed E-state index contributed by atoms with van der Waals surface area (Å²) < 4.78 is 16.4. The van der Waals surface area contributed by atoms with Crippen molar-refractivity contribution in [1.82, 2.24) is 15.5 Å². The molecule has 1 aliphatic rings. The maximum Gasteiger partial charge on any atom is 0.277 e. The summed E-state index contributed by atoms with van der Waals surface area (Å²) in [5.41, 5.74) is 5.39. The fraction of sp³-hybridized carbons (Fsp3) is 0.192. The first-order valence-electron chi connectivity index (χ1n) is 10.9. The standard InChI is InChI=1S/C26H23N3O4S/c1-31-22-9-6-19(7-10-22)25-28-29-26(33-25)34-16-24(30)27-15-17-2-4-18(5-3-17)20-8-11-23-21(14-20)12-13-32-23/h2-11,14H,12-13,15-16H2,1H3,(H,27,30). The Balaban J connectivity index is 1.11. The number of nitrogens with zero attached hydrogens (tertiary/aromatic N) is 2. The van der Waals surface area contributed by atoms with E-state index in [2.05, 4.69) is 39.8 Å². The van der Waals surface area contributed by atoms with Crippen molar-refractivity contribution in [3.05, 3.63) is 77.9 Å². The van der Waals surface area contributed by atoms with E-state index in [-0.39, 0.29) is 11.7 Å². The summed E-state index contributed by atoms with van der Waals surface area (Å²) in [5, 5.41) is 11.3. The molecular formula is C26H23N3O4S. The monoisotopic (exact) mass is 473 g/mol. The van der Waals surface area contributed by atoms with E-state index < -0.39 is 0 Å². The van der Waals surface area contributed by atoms with Gasteiger partial charge < -0.3 is 19.2 Å². The number of thioether (sulfide) groups is 1. The average Bonchev–Trinajstić information content (AvgIpc) is 3.56. The number of methoxy groups -OCH3 is 1. The highest BCUT2D eigenvalue weighted by atomic mass is 32.2. The maximum atomic E-state index is 12.3. The van der Waals surface area contributed by atoms with Crippen molar-refractivity contribution in [2.45, 2.75) is 18.2 Å². The molecule has 0 saturated heterocycles. The van der Waals surface area contributed by atoms with Crippen LogP contribution >= 0.6 is 11.8 Å². The topological polar surface area (TPSA) is 86.5 Å². The molecule has 1 aromatic heterocycles. The van der Waals surface area contributed by atoms with Gasteiger partial charge in [0.25, 0.3) is 5.22 Å². The van der Waals surface area contributed by atoms with Crippen LogP contribution in [0.2, 0.25) is 0 Å². The molecule has 7 nitrogen and oxygen atoms in total. The van der Waals surface area contributed by atoms with Crippen molar-refractivity contribution >= 4 is 17.7 Å². The van der Waals surface area contributed by atoms with Crippen LogP contribution in [0.5, 0.6) is 11.5 Å². The largest absolute Gasteiger partial charge is 0.497 e. The Bertz CT molecular complexity index is 1290. The van der Waals surface area contributed by atoms with Gasteiger partial charge in [-0.3, -0.25) is 4.79 Å². The zero-order valence-electron chi connectivity index (χ0n) is 18.6. The summed E-state index contributed by atoms with van der Waals surface area (Å²) in [6.45, 7) is 1.21. The minimum Gasteiger partial charge on any atom is -0.497 e. The molecule has 3 aromatic carbocycles. The Morgan fingerprint density at radius 1 is 1.00 bits per heavy atom. The van der Waals surface area contributed by atoms with E-state index in [4.69, 9.17) is 13.9 Å². The maximum absolute atomic E-state index is 12.3. The molecule has 0 bridgehead atoms. The number of nitrogens with one attached hydrogen (secondary N) is 1. The second kappa shape index (κ2) is 10.0. The van der Waals surface area contributed by atoms with Crippen LogP contribution in [0.4, 0.5) is 0 Å². The molecule has 34 heavy (non-hydrogen) atoms. The first-order valence-corrected chi connectivity index (χ1v) is 11.9. The Kier molecular flexibility index (Phi) is 6.49. The summed E-state index contributed by atoms with van der Waals surface area (Å²) >= 11 is 1.21. The third-order valence-electron chi connectivity index (χ3n) is 5.54. The number of benzene rings is 3. The van der Waals surface area contributed by atoms with Crippen LogP contribution in [0.1, 0.15) is 11.1 Å². The molecular weight excluding hydrogens is 450 g/mol. The SMILES string of the molecule is COc1ccc(-c2nnc(SCC(=O)NCc3ccc(-c4ccc5c(c4)CCO5)cc3)o2)cc1. The van der Waals surface area contributed by atoms with Gasteiger partial charge in [-0.25, -0.2) is 0 Å². The fourth-order valence-corrected chi connectivity index (χ4v) is 4.27. The zero-order valence-corrected chi connectivity index (χ0v) is 19.4. The van der Waals surface area contributed by atoms with Gasteiger partial charge >= 0.3 is 0 Å². The third kappa shape index (κ3) is 5.07. The van der Waals surface area contributed by atoms with Gasteiger partial charge in [-0.15, -0.1) is 10.2 Å². The van der Waals surface area contributed by atoms with Gasteiger partial charge in [0.1, 0.15) is 11.5 Å². The number of amides is 1. The number of rotatable bonds is 8. The Morgan fingerprint density at radius 2 is 1.76 bits per heavy atom. The second-order valence-corrected chi connectivity index (χ2v) is 8.71. The molecule has 0 atom stereocenters. The quantitative estimate of drug-likeness (QED) is 0.369. The van der Waals surface area contributed by atoms with Gasteiger partial charge in [0.05, 0.1) is 19.5 Å². The highest BCUT2D eigenvalue weighted by Crippen LogP contribution is 2.30. The molecule has 0 saturated carbocycles. The van der Waals surface area contributed by atoms with Gasteiger partial charge in [-0.05, 0) is 58.7 Å². The van der Waals surface area contributed by atoms with Crippen molar-refractivity contribution in [3.63, 3.8) is 0 Å². The lowest BCUT2D eigenvalue weighted by Gasteiger charge is -2.07. The lowest BCUT2D eigenvalue weighted by atomic mass is 10.0. The minimum atomic E-state index is -0.100. The lowest BCUT2D eigenvalue weighted by Crippen LogP contribution is -2.24. The molecule has 1 N–H and O–H groups in total. The first-order chi connectivity index (χ1) is 16.7. The van der Waals surface area contributed by atoms with E-state index in [9.17, 15) is 4.79 Å². The second-order valence-electron chi connectivity index (χ2n) is 7.78. The van der Waals surface area contributed by atoms with Crippen LogP contribution in [0.25, 0.3) is 22.6 Å². The summed E-state index contributed by atoms with van der Waals surface area (Å²) in [4.78, 5) is 12.3. The predicted octanol–water partition coefficient (Wildman–Crippen LogP) is 4.76. The highest BCUT2D eigenvalue weighted by molar-refractivity contribution is 7.99. The first kappa shape index (κ1) is 22.0. The van der Waals surface area contributed by atoms with Gasteiger partial charge in [0.2, 0.25) is 11.8 Å². The molecule has 2 heterocycles. The Labute approximate surface area is 201 Å². The fourth-order valence-electron chi connectivity index (χ4n) is 3.68. The van der Waals surface area contributed by atoms with Crippen LogP contribution in [-0.4, -0.2) is 35.6 Å². The molecule has 0 fully saturated rings. The van der Waals surface area contributed by atoms with Gasteiger partial charge in [0, 0.05) is 18.5 Å². The number of aromatic nitrogens is 2. The van der Waals surface area contributed by atoms with Crippen LogP contribution < -0.4 is 14.8 Å². The molecule has 0 spiro atoms. The molecule has 5 rings (SSSR count). The van der Waals surface area contributed by atoms with Gasteiger partial charge in [-0.1, -0.05) is 42.1 Å². The third-order valence-corrected chi connectivity index (χ3v) is 6.36. The number of ether oxygens (including phenoxy) is 2. The average molecular weight is 474 g/mol. The van der Waals surface area contributed by atoms with Gasteiger partial charge in [-0.2, -0.15) is 0 Å². The molecule has 1 aliphatic heterocycles. The number of hydrogen-bond acceptors (Lipinski definition) is 7. The van der Waals surface area contributed by atoms with Crippen LogP contribution in [0.3, 0.4) is 0 Å². The number of carbonyl (C=O) groups excluding carboxylic acids is 1. The smallest absolute Gasteiger partial charge is 0.277 e. The number of carbonyl (C=O) groups is 1. The van der Waals surface area contributed by atoms with E-state index >= 15 is 0 Å². The van der Waals surface area contributed by atoms with Crippen LogP contribution in [0.15, 0.2) is 76.4 Å². The van der Waals surface area contributed by atoms with Crippen molar-refractivity contribution in [1.29, 1.82) is 0 Å². The normalized spacial score (nSPS) is 12.1. The zero-order chi connectivity index (χ0) is 23.3. The van der Waals surface area contributed by atoms with E-state index in [1.807, 2.05) is 42.5 Å². The number of fused-ring (bicyclic) bond motifs is 1. The van der Waals surface area contributed by atoms with Crippen LogP contribution in [0, 0.1) is 0 Å². The molecule has 0 aliphatic carbocycles. The predicted molar refractivity (Wildman–Crippen MR) is 130 cm³/mol. The molecule has 8 heteroatoms. The van der Waals surface area contributed by atoms with Crippen molar-refractivity contribution in [2.24, 2.45) is 0 Å². The summed E-state index contributed by atoms with van der Waals surface area (Å²) in [6, 6.07) is 21.9.